The minimum atomic E-state index is -0.231. The molecule has 36 heavy (non-hydrogen) atoms. The number of anilines is 1. The lowest BCUT2D eigenvalue weighted by atomic mass is 10.0. The number of benzene rings is 2. The van der Waals surface area contributed by atoms with Crippen LogP contribution in [0.15, 0.2) is 73.2 Å². The van der Waals surface area contributed by atoms with Crippen molar-refractivity contribution in [3.8, 4) is 17.0 Å². The fraction of sp³-hybridized carbons (Fsp3) is 0.214. The van der Waals surface area contributed by atoms with Crippen molar-refractivity contribution in [2.75, 3.05) is 5.32 Å². The second kappa shape index (κ2) is 10.0. The highest BCUT2D eigenvalue weighted by atomic mass is 16.5. The van der Waals surface area contributed by atoms with Gasteiger partial charge >= 0.3 is 0 Å². The third-order valence-electron chi connectivity index (χ3n) is 6.23. The number of aromatic nitrogens is 5. The molecule has 3 aromatic heterocycles. The zero-order valence-electron chi connectivity index (χ0n) is 20.6. The fourth-order valence-corrected chi connectivity index (χ4v) is 4.18. The van der Waals surface area contributed by atoms with Gasteiger partial charge in [0, 0.05) is 23.2 Å². The van der Waals surface area contributed by atoms with E-state index < -0.39 is 0 Å². The zero-order chi connectivity index (χ0) is 25.1. The minimum absolute atomic E-state index is 0.231. The van der Waals surface area contributed by atoms with Gasteiger partial charge in [0.1, 0.15) is 5.75 Å². The van der Waals surface area contributed by atoms with Gasteiger partial charge in [0.25, 0.3) is 5.91 Å². The van der Waals surface area contributed by atoms with E-state index in [0.29, 0.717) is 16.9 Å². The molecule has 2 aromatic carbocycles. The number of amides is 1. The van der Waals surface area contributed by atoms with Gasteiger partial charge < -0.3 is 10.1 Å². The molecule has 0 saturated heterocycles. The van der Waals surface area contributed by atoms with Crippen LogP contribution in [-0.2, 0) is 19.7 Å². The third kappa shape index (κ3) is 4.70. The molecule has 0 fully saturated rings. The van der Waals surface area contributed by atoms with Crippen LogP contribution in [0.3, 0.4) is 0 Å². The Morgan fingerprint density at radius 2 is 1.83 bits per heavy atom. The van der Waals surface area contributed by atoms with Crippen molar-refractivity contribution in [3.63, 3.8) is 0 Å². The number of carbonyl (C=O) groups is 1. The van der Waals surface area contributed by atoms with E-state index in [1.54, 1.807) is 23.3 Å². The molecule has 0 aliphatic carbocycles. The molecule has 0 aliphatic rings. The maximum absolute atomic E-state index is 13.4. The van der Waals surface area contributed by atoms with Crippen LogP contribution in [0, 0.1) is 6.92 Å². The smallest absolute Gasteiger partial charge is 0.256 e. The van der Waals surface area contributed by atoms with Gasteiger partial charge in [0.2, 0.25) is 0 Å². The molecule has 0 saturated carbocycles. The normalized spacial score (nSPS) is 11.1. The maximum atomic E-state index is 13.4. The number of nitrogens with zero attached hydrogens (tertiary/aromatic N) is 5. The van der Waals surface area contributed by atoms with Crippen LogP contribution in [0.5, 0.6) is 5.75 Å². The van der Waals surface area contributed by atoms with Gasteiger partial charge in [-0.3, -0.25) is 9.48 Å². The maximum Gasteiger partial charge on any atom is 0.256 e. The first kappa shape index (κ1) is 23.3. The van der Waals surface area contributed by atoms with Crippen LogP contribution >= 0.6 is 0 Å². The van der Waals surface area contributed by atoms with E-state index >= 15 is 0 Å². The Hall–Kier alpha value is -4.46. The molecule has 1 amide bonds. The van der Waals surface area contributed by atoms with E-state index in [2.05, 4.69) is 22.4 Å². The third-order valence-corrected chi connectivity index (χ3v) is 6.23. The first-order valence-electron chi connectivity index (χ1n) is 12.0. The lowest BCUT2D eigenvalue weighted by Crippen LogP contribution is -2.13. The Morgan fingerprint density at radius 1 is 1.03 bits per heavy atom. The van der Waals surface area contributed by atoms with Crippen molar-refractivity contribution < 1.29 is 9.53 Å². The molecule has 0 aliphatic heterocycles. The van der Waals surface area contributed by atoms with Crippen LogP contribution in [0.1, 0.15) is 35.5 Å². The molecule has 0 radical (unpaired) electrons. The standard InChI is InChI=1S/C28H28N6O2/c1-4-20-10-12-22(13-11-20)36-18-33-17-21(15-29-33)31-28(35)24-14-27(25-16-30-34(5-2)19(25)3)32-26-9-7-6-8-23(24)26/h6-17H,4-5,18H2,1-3H3,(H,31,35). The lowest BCUT2D eigenvalue weighted by Gasteiger charge is -2.10. The monoisotopic (exact) mass is 480 g/mol. The van der Waals surface area contributed by atoms with E-state index in [-0.39, 0.29) is 12.6 Å². The van der Waals surface area contributed by atoms with Gasteiger partial charge in [0.15, 0.2) is 6.73 Å². The van der Waals surface area contributed by atoms with Crippen molar-refractivity contribution >= 4 is 22.5 Å². The lowest BCUT2D eigenvalue weighted by molar-refractivity contribution is 0.102. The van der Waals surface area contributed by atoms with Gasteiger partial charge in [-0.05, 0) is 50.1 Å². The summed E-state index contributed by atoms with van der Waals surface area (Å²) in [6.07, 6.45) is 6.15. The number of fused-ring (bicyclic) bond motifs is 1. The quantitative estimate of drug-likeness (QED) is 0.318. The number of hydrogen-bond acceptors (Lipinski definition) is 5. The summed E-state index contributed by atoms with van der Waals surface area (Å²) >= 11 is 0. The molecular formula is C28H28N6O2. The van der Waals surface area contributed by atoms with Gasteiger partial charge in [0.05, 0.1) is 41.1 Å². The Bertz CT molecular complexity index is 1520. The predicted octanol–water partition coefficient (Wildman–Crippen LogP) is 5.47. The Labute approximate surface area is 209 Å². The Balaban J connectivity index is 1.36. The molecule has 0 unspecified atom stereocenters. The number of carbonyl (C=O) groups excluding carboxylic acids is 1. The van der Waals surface area contributed by atoms with Crippen molar-refractivity contribution in [1.82, 2.24) is 24.5 Å². The van der Waals surface area contributed by atoms with E-state index in [4.69, 9.17) is 9.72 Å². The molecule has 1 N–H and O–H groups in total. The number of pyridine rings is 1. The SMILES string of the molecule is CCc1ccc(OCn2cc(NC(=O)c3cc(-c4cnn(CC)c4C)nc4ccccc34)cn2)cc1. The molecule has 3 heterocycles. The highest BCUT2D eigenvalue weighted by Gasteiger charge is 2.17. The number of aryl methyl sites for hydroxylation is 2. The van der Waals surface area contributed by atoms with E-state index in [1.807, 2.05) is 73.1 Å². The first-order valence-corrected chi connectivity index (χ1v) is 12.0. The molecule has 5 aromatic rings. The van der Waals surface area contributed by atoms with E-state index in [0.717, 1.165) is 40.9 Å². The average Bonchev–Trinajstić information content (AvgIpc) is 3.52. The van der Waals surface area contributed by atoms with Crippen molar-refractivity contribution in [2.45, 2.75) is 40.5 Å². The van der Waals surface area contributed by atoms with Crippen LogP contribution < -0.4 is 10.1 Å². The summed E-state index contributed by atoms with van der Waals surface area (Å²) in [5.74, 6) is 0.539. The van der Waals surface area contributed by atoms with E-state index in [1.165, 1.54) is 5.56 Å². The molecule has 0 atom stereocenters. The van der Waals surface area contributed by atoms with Crippen LogP contribution in [0.4, 0.5) is 5.69 Å². The molecule has 8 heteroatoms. The average molecular weight is 481 g/mol. The van der Waals surface area contributed by atoms with Crippen LogP contribution in [0.25, 0.3) is 22.2 Å². The highest BCUT2D eigenvalue weighted by Crippen LogP contribution is 2.27. The summed E-state index contributed by atoms with van der Waals surface area (Å²) in [6, 6.07) is 17.5. The van der Waals surface area contributed by atoms with Crippen LogP contribution in [0.2, 0.25) is 0 Å². The second-order valence-electron chi connectivity index (χ2n) is 8.53. The summed E-state index contributed by atoms with van der Waals surface area (Å²) < 4.78 is 9.37. The summed E-state index contributed by atoms with van der Waals surface area (Å²) in [7, 11) is 0. The molecular weight excluding hydrogens is 452 g/mol. The number of hydrogen-bond donors (Lipinski definition) is 1. The first-order chi connectivity index (χ1) is 17.6. The molecule has 5 rings (SSSR count). The van der Waals surface area contributed by atoms with Crippen molar-refractivity contribution in [3.05, 3.63) is 90.0 Å². The number of rotatable bonds is 8. The van der Waals surface area contributed by atoms with Gasteiger partial charge in [-0.25, -0.2) is 9.67 Å². The van der Waals surface area contributed by atoms with Gasteiger partial charge in [-0.15, -0.1) is 0 Å². The second-order valence-corrected chi connectivity index (χ2v) is 8.53. The Morgan fingerprint density at radius 3 is 2.58 bits per heavy atom. The Kier molecular flexibility index (Phi) is 6.49. The van der Waals surface area contributed by atoms with Gasteiger partial charge in [-0.1, -0.05) is 37.3 Å². The molecule has 0 bridgehead atoms. The van der Waals surface area contributed by atoms with E-state index in [9.17, 15) is 4.79 Å². The largest absolute Gasteiger partial charge is 0.471 e. The number of para-hydroxylation sites is 1. The predicted molar refractivity (Wildman–Crippen MR) is 140 cm³/mol. The zero-order valence-corrected chi connectivity index (χ0v) is 20.6. The molecule has 8 nitrogen and oxygen atoms in total. The van der Waals surface area contributed by atoms with Gasteiger partial charge in [-0.2, -0.15) is 10.2 Å². The molecule has 0 spiro atoms. The summed E-state index contributed by atoms with van der Waals surface area (Å²) in [5, 5.41) is 12.5. The minimum Gasteiger partial charge on any atom is -0.471 e. The summed E-state index contributed by atoms with van der Waals surface area (Å²) in [5.41, 5.74) is 5.77. The molecule has 182 valence electrons. The van der Waals surface area contributed by atoms with Crippen molar-refractivity contribution in [2.24, 2.45) is 0 Å². The number of ether oxygens (including phenoxy) is 1. The fourth-order valence-electron chi connectivity index (χ4n) is 4.18. The number of nitrogens with one attached hydrogen (secondary N) is 1. The highest BCUT2D eigenvalue weighted by molar-refractivity contribution is 6.13. The van der Waals surface area contributed by atoms with Crippen molar-refractivity contribution in [1.29, 1.82) is 0 Å². The summed E-state index contributed by atoms with van der Waals surface area (Å²) in [4.78, 5) is 18.2. The van der Waals surface area contributed by atoms with Crippen LogP contribution in [-0.4, -0.2) is 30.5 Å². The topological polar surface area (TPSA) is 86.9 Å². The summed E-state index contributed by atoms with van der Waals surface area (Å²) in [6.45, 7) is 7.18.